The smallest absolute Gasteiger partial charge is 0.344 e. The highest BCUT2D eigenvalue weighted by molar-refractivity contribution is 6.19. The van der Waals surface area contributed by atoms with E-state index in [9.17, 15) is 29.3 Å². The number of ether oxygens (including phenoxy) is 3. The van der Waals surface area contributed by atoms with E-state index in [1.807, 2.05) is 0 Å². The fraction of sp³-hybridized carbons (Fsp3) is 0.444. The lowest BCUT2D eigenvalue weighted by atomic mass is 9.95. The molecule has 1 aromatic rings. The van der Waals surface area contributed by atoms with E-state index in [1.165, 1.54) is 19.9 Å². The third kappa shape index (κ3) is 3.75. The molecule has 0 aliphatic carbocycles. The molecule has 156 valence electrons. The van der Waals surface area contributed by atoms with Crippen LogP contribution in [-0.4, -0.2) is 54.6 Å². The van der Waals surface area contributed by atoms with Gasteiger partial charge < -0.3 is 14.2 Å². The van der Waals surface area contributed by atoms with Crippen molar-refractivity contribution in [2.75, 3.05) is 25.2 Å². The van der Waals surface area contributed by atoms with E-state index >= 15 is 0 Å². The average molecular weight is 408 g/mol. The Kier molecular flexibility index (Phi) is 6.52. The van der Waals surface area contributed by atoms with Gasteiger partial charge in [0.1, 0.15) is 5.69 Å². The minimum absolute atomic E-state index is 0.0780. The van der Waals surface area contributed by atoms with Crippen LogP contribution in [0.4, 0.5) is 11.4 Å². The first-order chi connectivity index (χ1) is 13.7. The van der Waals surface area contributed by atoms with Gasteiger partial charge in [0.2, 0.25) is 11.4 Å². The molecule has 1 aliphatic rings. The van der Waals surface area contributed by atoms with Crippen molar-refractivity contribution in [2.24, 2.45) is 0 Å². The monoisotopic (exact) mass is 408 g/mol. The number of carbonyl (C=O) groups excluding carboxylic acids is 4. The molecule has 1 aromatic carbocycles. The molecule has 11 heteroatoms. The lowest BCUT2D eigenvalue weighted by molar-refractivity contribution is -0.384. The number of nitrogens with zero attached hydrogens (tertiary/aromatic N) is 2. The Morgan fingerprint density at radius 2 is 1.76 bits per heavy atom. The van der Waals surface area contributed by atoms with Crippen LogP contribution in [0.1, 0.15) is 37.0 Å². The molecule has 0 saturated carbocycles. The summed E-state index contributed by atoms with van der Waals surface area (Å²) >= 11 is 0. The maximum atomic E-state index is 12.8. The minimum atomic E-state index is -2.19. The number of nitro groups is 1. The van der Waals surface area contributed by atoms with Crippen molar-refractivity contribution >= 4 is 35.2 Å². The van der Waals surface area contributed by atoms with E-state index in [4.69, 9.17) is 9.47 Å². The lowest BCUT2D eigenvalue weighted by Crippen LogP contribution is -2.59. The molecule has 2 rings (SSSR count). The molecule has 11 nitrogen and oxygen atoms in total. The van der Waals surface area contributed by atoms with Crippen LogP contribution in [0.15, 0.2) is 18.2 Å². The molecular weight excluding hydrogens is 388 g/mol. The van der Waals surface area contributed by atoms with Crippen molar-refractivity contribution in [2.45, 2.75) is 32.2 Å². The molecule has 1 heterocycles. The second-order valence-electron chi connectivity index (χ2n) is 5.98. The molecule has 1 fully saturated rings. The number of rotatable bonds is 7. The number of anilines is 1. The van der Waals surface area contributed by atoms with Gasteiger partial charge in [0.15, 0.2) is 0 Å². The van der Waals surface area contributed by atoms with Crippen LogP contribution in [0, 0.1) is 10.1 Å². The molecule has 0 atom stereocenters. The molecule has 0 radical (unpaired) electrons. The van der Waals surface area contributed by atoms with Crippen molar-refractivity contribution in [3.63, 3.8) is 0 Å². The summed E-state index contributed by atoms with van der Waals surface area (Å²) in [5.41, 5.74) is -3.31. The third-order valence-corrected chi connectivity index (χ3v) is 4.39. The van der Waals surface area contributed by atoms with Gasteiger partial charge in [-0.3, -0.25) is 19.8 Å². The van der Waals surface area contributed by atoms with Crippen LogP contribution in [0.5, 0.6) is 0 Å². The molecule has 1 aliphatic heterocycles. The van der Waals surface area contributed by atoms with Crippen molar-refractivity contribution in [1.29, 1.82) is 0 Å². The summed E-state index contributed by atoms with van der Waals surface area (Å²) in [4.78, 5) is 61.4. The Labute approximate surface area is 165 Å². The highest BCUT2D eigenvalue weighted by atomic mass is 16.6. The first-order valence-corrected chi connectivity index (χ1v) is 8.78. The standard InChI is InChI=1S/C18H20N2O9/c1-4-28-16(23)18(17(24)29-5-2)9-8-14(21)19(18)12-7-6-11(15(22)27-3)10-13(12)20(25)26/h6-7,10H,4-5,8-9H2,1-3H3. The number of carbonyl (C=O) groups is 4. The minimum Gasteiger partial charge on any atom is -0.465 e. The van der Waals surface area contributed by atoms with Gasteiger partial charge in [0, 0.05) is 18.9 Å². The fourth-order valence-corrected chi connectivity index (χ4v) is 3.14. The topological polar surface area (TPSA) is 142 Å². The molecule has 0 aromatic heterocycles. The highest BCUT2D eigenvalue weighted by Gasteiger charge is 2.61. The zero-order valence-corrected chi connectivity index (χ0v) is 16.1. The summed E-state index contributed by atoms with van der Waals surface area (Å²) < 4.78 is 14.5. The van der Waals surface area contributed by atoms with Crippen LogP contribution in [0.2, 0.25) is 0 Å². The SMILES string of the molecule is CCOC(=O)C1(C(=O)OCC)CCC(=O)N1c1ccc(C(=O)OC)cc1[N+](=O)[O-]. The zero-order chi connectivity index (χ0) is 21.8. The van der Waals surface area contributed by atoms with Crippen LogP contribution in [-0.2, 0) is 28.6 Å². The first-order valence-electron chi connectivity index (χ1n) is 8.78. The Hall–Kier alpha value is -3.50. The van der Waals surface area contributed by atoms with E-state index in [-0.39, 0.29) is 37.3 Å². The second kappa shape index (κ2) is 8.67. The number of hydrogen-bond donors (Lipinski definition) is 0. The Morgan fingerprint density at radius 1 is 1.17 bits per heavy atom. The van der Waals surface area contributed by atoms with Crippen LogP contribution in [0.3, 0.4) is 0 Å². The fourth-order valence-electron chi connectivity index (χ4n) is 3.14. The van der Waals surface area contributed by atoms with Crippen molar-refractivity contribution in [3.05, 3.63) is 33.9 Å². The van der Waals surface area contributed by atoms with Crippen molar-refractivity contribution < 1.29 is 38.3 Å². The molecule has 0 bridgehead atoms. The Balaban J connectivity index is 2.72. The Morgan fingerprint density at radius 3 is 2.24 bits per heavy atom. The predicted octanol–water partition coefficient (Wildman–Crippen LogP) is 1.37. The highest BCUT2D eigenvalue weighted by Crippen LogP contribution is 2.42. The summed E-state index contributed by atoms with van der Waals surface area (Å²) in [6.07, 6.45) is -0.493. The van der Waals surface area contributed by atoms with Gasteiger partial charge in [-0.1, -0.05) is 0 Å². The number of benzene rings is 1. The summed E-state index contributed by atoms with van der Waals surface area (Å²) in [5, 5.41) is 11.6. The van der Waals surface area contributed by atoms with Crippen LogP contribution in [0.25, 0.3) is 0 Å². The van der Waals surface area contributed by atoms with Crippen LogP contribution < -0.4 is 4.90 Å². The molecule has 0 unspecified atom stereocenters. The Bertz CT molecular complexity index is 847. The van der Waals surface area contributed by atoms with E-state index in [2.05, 4.69) is 4.74 Å². The number of nitro benzene ring substituents is 1. The summed E-state index contributed by atoms with van der Waals surface area (Å²) in [5.74, 6) is -3.61. The average Bonchev–Trinajstić information content (AvgIpc) is 3.05. The largest absolute Gasteiger partial charge is 0.465 e. The summed E-state index contributed by atoms with van der Waals surface area (Å²) in [7, 11) is 1.11. The molecule has 0 spiro atoms. The zero-order valence-electron chi connectivity index (χ0n) is 16.1. The predicted molar refractivity (Wildman–Crippen MR) is 97.2 cm³/mol. The first kappa shape index (κ1) is 21.8. The summed E-state index contributed by atoms with van der Waals surface area (Å²) in [6, 6.07) is 3.22. The van der Waals surface area contributed by atoms with Gasteiger partial charge in [-0.25, -0.2) is 14.4 Å². The maximum absolute atomic E-state index is 12.8. The number of esters is 3. The molecular formula is C18H20N2O9. The molecule has 0 N–H and O–H groups in total. The molecule has 29 heavy (non-hydrogen) atoms. The molecule has 1 saturated heterocycles. The summed E-state index contributed by atoms with van der Waals surface area (Å²) in [6.45, 7) is 2.88. The van der Waals surface area contributed by atoms with E-state index in [1.54, 1.807) is 0 Å². The van der Waals surface area contributed by atoms with Gasteiger partial charge >= 0.3 is 17.9 Å². The lowest BCUT2D eigenvalue weighted by Gasteiger charge is -2.33. The van der Waals surface area contributed by atoms with Gasteiger partial charge in [-0.05, 0) is 26.0 Å². The number of methoxy groups -OCH3 is 1. The molecule has 1 amide bonds. The quantitative estimate of drug-likeness (QED) is 0.215. The van der Waals surface area contributed by atoms with E-state index < -0.39 is 40.0 Å². The van der Waals surface area contributed by atoms with Crippen LogP contribution >= 0.6 is 0 Å². The van der Waals surface area contributed by atoms with Gasteiger partial charge in [0.25, 0.3) is 5.69 Å². The normalized spacial score (nSPS) is 15.0. The second-order valence-corrected chi connectivity index (χ2v) is 5.98. The van der Waals surface area contributed by atoms with Gasteiger partial charge in [0.05, 0.1) is 30.8 Å². The number of amides is 1. The van der Waals surface area contributed by atoms with E-state index in [0.29, 0.717) is 0 Å². The maximum Gasteiger partial charge on any atom is 0.344 e. The van der Waals surface area contributed by atoms with Gasteiger partial charge in [-0.2, -0.15) is 0 Å². The van der Waals surface area contributed by atoms with E-state index in [0.717, 1.165) is 24.1 Å². The van der Waals surface area contributed by atoms with Gasteiger partial charge in [-0.15, -0.1) is 0 Å². The number of hydrogen-bond acceptors (Lipinski definition) is 9. The van der Waals surface area contributed by atoms with Crippen molar-refractivity contribution in [3.8, 4) is 0 Å². The third-order valence-electron chi connectivity index (χ3n) is 4.39. The van der Waals surface area contributed by atoms with Crippen molar-refractivity contribution in [1.82, 2.24) is 0 Å².